The molecule has 0 saturated carbocycles. The van der Waals surface area contributed by atoms with Gasteiger partial charge in [-0.15, -0.1) is 0 Å². The highest BCUT2D eigenvalue weighted by Crippen LogP contribution is 2.26. The van der Waals surface area contributed by atoms with Crippen molar-refractivity contribution in [1.29, 1.82) is 5.26 Å². The van der Waals surface area contributed by atoms with E-state index >= 15 is 0 Å². The molecule has 112 valence electrons. The average molecular weight is 292 g/mol. The number of rotatable bonds is 4. The van der Waals surface area contributed by atoms with Crippen LogP contribution in [0, 0.1) is 11.3 Å². The van der Waals surface area contributed by atoms with Gasteiger partial charge in [0.1, 0.15) is 12.4 Å². The van der Waals surface area contributed by atoms with Gasteiger partial charge in [0.2, 0.25) is 0 Å². The zero-order valence-corrected chi connectivity index (χ0v) is 12.6. The first-order valence-corrected chi connectivity index (χ1v) is 7.77. The van der Waals surface area contributed by atoms with Crippen molar-refractivity contribution in [1.82, 2.24) is 5.32 Å². The molecule has 0 aromatic heterocycles. The number of nitriles is 1. The van der Waals surface area contributed by atoms with Crippen molar-refractivity contribution in [2.24, 2.45) is 0 Å². The molecule has 1 saturated heterocycles. The Morgan fingerprint density at radius 3 is 2.32 bits per heavy atom. The maximum Gasteiger partial charge on any atom is 0.119 e. The summed E-state index contributed by atoms with van der Waals surface area (Å²) in [4.78, 5) is 0. The van der Waals surface area contributed by atoms with Crippen molar-refractivity contribution in [2.75, 3.05) is 13.1 Å². The van der Waals surface area contributed by atoms with E-state index in [1.807, 2.05) is 24.3 Å². The molecule has 0 bridgehead atoms. The third-order valence-corrected chi connectivity index (χ3v) is 4.18. The van der Waals surface area contributed by atoms with Crippen LogP contribution < -0.4 is 10.1 Å². The predicted octanol–water partition coefficient (Wildman–Crippen LogP) is 3.60. The standard InChI is InChI=1S/C19H20N2O/c20-13-15-1-3-16(4-2-15)14-22-19-7-5-17(6-8-19)18-9-11-21-12-10-18/h1-8,18,21H,9-12,14H2. The highest BCUT2D eigenvalue weighted by molar-refractivity contribution is 5.32. The minimum absolute atomic E-state index is 0.526. The summed E-state index contributed by atoms with van der Waals surface area (Å²) >= 11 is 0. The van der Waals surface area contributed by atoms with Gasteiger partial charge in [0, 0.05) is 0 Å². The first-order chi connectivity index (χ1) is 10.8. The molecule has 3 heteroatoms. The van der Waals surface area contributed by atoms with Crippen molar-refractivity contribution in [3.63, 3.8) is 0 Å². The molecule has 0 amide bonds. The van der Waals surface area contributed by atoms with E-state index in [2.05, 4.69) is 35.7 Å². The number of benzene rings is 2. The predicted molar refractivity (Wildman–Crippen MR) is 86.8 cm³/mol. The second-order valence-corrected chi connectivity index (χ2v) is 5.69. The quantitative estimate of drug-likeness (QED) is 0.936. The monoisotopic (exact) mass is 292 g/mol. The summed E-state index contributed by atoms with van der Waals surface area (Å²) in [5.74, 6) is 1.57. The molecule has 0 aliphatic carbocycles. The SMILES string of the molecule is N#Cc1ccc(COc2ccc(C3CCNCC3)cc2)cc1. The molecule has 2 aromatic carbocycles. The number of hydrogen-bond acceptors (Lipinski definition) is 3. The van der Waals surface area contributed by atoms with Gasteiger partial charge in [-0.2, -0.15) is 5.26 Å². The third-order valence-electron chi connectivity index (χ3n) is 4.18. The average Bonchev–Trinajstić information content (AvgIpc) is 2.61. The molecule has 3 rings (SSSR count). The molecule has 1 N–H and O–H groups in total. The molecule has 0 radical (unpaired) electrons. The van der Waals surface area contributed by atoms with Gasteiger partial charge in [-0.25, -0.2) is 0 Å². The molecule has 1 aliphatic rings. The number of nitrogens with one attached hydrogen (secondary N) is 1. The number of hydrogen-bond donors (Lipinski definition) is 1. The Kier molecular flexibility index (Phi) is 4.72. The van der Waals surface area contributed by atoms with Crippen LogP contribution in [-0.4, -0.2) is 13.1 Å². The Hall–Kier alpha value is -2.31. The summed E-state index contributed by atoms with van der Waals surface area (Å²) in [6.45, 7) is 2.75. The maximum atomic E-state index is 8.78. The van der Waals surface area contributed by atoms with Crippen molar-refractivity contribution in [2.45, 2.75) is 25.4 Å². The van der Waals surface area contributed by atoms with Gasteiger partial charge < -0.3 is 10.1 Å². The highest BCUT2D eigenvalue weighted by atomic mass is 16.5. The summed E-state index contributed by atoms with van der Waals surface area (Å²) in [6.07, 6.45) is 2.43. The van der Waals surface area contributed by atoms with Crippen LogP contribution in [0.25, 0.3) is 0 Å². The second kappa shape index (κ2) is 7.11. The summed E-state index contributed by atoms with van der Waals surface area (Å²) in [7, 11) is 0. The largest absolute Gasteiger partial charge is 0.489 e. The Bertz CT molecular complexity index is 635. The Morgan fingerprint density at radius 2 is 1.68 bits per heavy atom. The van der Waals surface area contributed by atoms with Crippen LogP contribution in [0.5, 0.6) is 5.75 Å². The molecule has 2 aromatic rings. The highest BCUT2D eigenvalue weighted by Gasteiger charge is 2.14. The first kappa shape index (κ1) is 14.6. The zero-order chi connectivity index (χ0) is 15.2. The van der Waals surface area contributed by atoms with E-state index < -0.39 is 0 Å². The smallest absolute Gasteiger partial charge is 0.119 e. The van der Waals surface area contributed by atoms with Crippen LogP contribution in [0.2, 0.25) is 0 Å². The summed E-state index contributed by atoms with van der Waals surface area (Å²) in [5.41, 5.74) is 3.16. The van der Waals surface area contributed by atoms with Gasteiger partial charge in [-0.3, -0.25) is 0 Å². The second-order valence-electron chi connectivity index (χ2n) is 5.69. The molecule has 1 heterocycles. The number of nitrogens with zero attached hydrogens (tertiary/aromatic N) is 1. The fraction of sp³-hybridized carbons (Fsp3) is 0.316. The maximum absolute atomic E-state index is 8.78. The normalized spacial score (nSPS) is 15.2. The van der Waals surface area contributed by atoms with E-state index in [0.29, 0.717) is 18.1 Å². The van der Waals surface area contributed by atoms with Crippen molar-refractivity contribution in [3.05, 3.63) is 65.2 Å². The van der Waals surface area contributed by atoms with E-state index in [1.165, 1.54) is 18.4 Å². The van der Waals surface area contributed by atoms with Gasteiger partial charge >= 0.3 is 0 Å². The summed E-state index contributed by atoms with van der Waals surface area (Å²) < 4.78 is 5.81. The van der Waals surface area contributed by atoms with Gasteiger partial charge in [0.15, 0.2) is 0 Å². The van der Waals surface area contributed by atoms with E-state index in [0.717, 1.165) is 24.4 Å². The fourth-order valence-electron chi connectivity index (χ4n) is 2.83. The molecule has 1 aliphatic heterocycles. The lowest BCUT2D eigenvalue weighted by molar-refractivity contribution is 0.306. The Labute approximate surface area is 131 Å². The number of ether oxygens (including phenoxy) is 1. The first-order valence-electron chi connectivity index (χ1n) is 7.77. The van der Waals surface area contributed by atoms with E-state index in [-0.39, 0.29) is 0 Å². The topological polar surface area (TPSA) is 45.0 Å². The van der Waals surface area contributed by atoms with Crippen molar-refractivity contribution in [3.8, 4) is 11.8 Å². The van der Waals surface area contributed by atoms with E-state index in [9.17, 15) is 0 Å². The number of piperidine rings is 1. The molecule has 0 spiro atoms. The van der Waals surface area contributed by atoms with Gasteiger partial charge in [0.25, 0.3) is 0 Å². The van der Waals surface area contributed by atoms with E-state index in [4.69, 9.17) is 10.00 Å². The third kappa shape index (κ3) is 3.66. The van der Waals surface area contributed by atoms with Gasteiger partial charge in [-0.1, -0.05) is 24.3 Å². The summed E-state index contributed by atoms with van der Waals surface area (Å²) in [5, 5.41) is 12.2. The van der Waals surface area contributed by atoms with Crippen LogP contribution in [0.4, 0.5) is 0 Å². The molecule has 0 atom stereocenters. The Balaban J connectivity index is 1.57. The van der Waals surface area contributed by atoms with Crippen LogP contribution in [0.15, 0.2) is 48.5 Å². The van der Waals surface area contributed by atoms with Gasteiger partial charge in [0.05, 0.1) is 11.6 Å². The molecule has 3 nitrogen and oxygen atoms in total. The summed E-state index contributed by atoms with van der Waals surface area (Å²) in [6, 6.07) is 18.1. The van der Waals surface area contributed by atoms with Crippen molar-refractivity contribution < 1.29 is 4.74 Å². The lowest BCUT2D eigenvalue weighted by atomic mass is 9.90. The molecular weight excluding hydrogens is 272 g/mol. The molecule has 1 fully saturated rings. The zero-order valence-electron chi connectivity index (χ0n) is 12.6. The minimum Gasteiger partial charge on any atom is -0.489 e. The van der Waals surface area contributed by atoms with Crippen LogP contribution in [0.3, 0.4) is 0 Å². The Morgan fingerprint density at radius 1 is 1.00 bits per heavy atom. The van der Waals surface area contributed by atoms with Gasteiger partial charge in [-0.05, 0) is 67.2 Å². The minimum atomic E-state index is 0.526. The lowest BCUT2D eigenvalue weighted by Crippen LogP contribution is -2.26. The van der Waals surface area contributed by atoms with Crippen LogP contribution in [0.1, 0.15) is 35.4 Å². The molecular formula is C19H20N2O. The van der Waals surface area contributed by atoms with Crippen LogP contribution in [-0.2, 0) is 6.61 Å². The molecule has 0 unspecified atom stereocenters. The lowest BCUT2D eigenvalue weighted by Gasteiger charge is -2.23. The molecule has 22 heavy (non-hydrogen) atoms. The van der Waals surface area contributed by atoms with E-state index in [1.54, 1.807) is 0 Å². The fourth-order valence-corrected chi connectivity index (χ4v) is 2.83. The van der Waals surface area contributed by atoms with Crippen molar-refractivity contribution >= 4 is 0 Å². The van der Waals surface area contributed by atoms with Crippen LogP contribution >= 0.6 is 0 Å².